The van der Waals surface area contributed by atoms with Gasteiger partial charge in [0.05, 0.1) is 6.61 Å². The van der Waals surface area contributed by atoms with Gasteiger partial charge in [-0.15, -0.1) is 0 Å². The van der Waals surface area contributed by atoms with Gasteiger partial charge in [-0.25, -0.2) is 0 Å². The van der Waals surface area contributed by atoms with E-state index in [1.807, 2.05) is 52.8 Å². The molecule has 152 valence electrons. The fourth-order valence-corrected chi connectivity index (χ4v) is 3.05. The monoisotopic (exact) mass is 371 g/mol. The lowest BCUT2D eigenvalue weighted by Gasteiger charge is -2.27. The molecule has 0 N–H and O–H groups in total. The molecule has 2 rings (SSSR count). The molecule has 1 aromatic carbocycles. The Kier molecular flexibility index (Phi) is 16.7. The Morgan fingerprint density at radius 1 is 1.07 bits per heavy atom. The van der Waals surface area contributed by atoms with Crippen molar-refractivity contribution < 1.29 is 4.74 Å². The minimum absolute atomic E-state index is 0.0322. The van der Waals surface area contributed by atoms with Gasteiger partial charge >= 0.3 is 0 Å². The molecule has 1 heterocycles. The van der Waals surface area contributed by atoms with Crippen LogP contribution in [0.5, 0.6) is 0 Å². The van der Waals surface area contributed by atoms with E-state index in [9.17, 15) is 0 Å². The van der Waals surface area contributed by atoms with Crippen molar-refractivity contribution in [3.8, 4) is 0 Å². The molecule has 27 heavy (non-hydrogen) atoms. The Morgan fingerprint density at radius 3 is 2.26 bits per heavy atom. The van der Waals surface area contributed by atoms with Crippen LogP contribution in [-0.4, -0.2) is 31.1 Å². The molecule has 1 aliphatic rings. The van der Waals surface area contributed by atoms with Crippen LogP contribution >= 0.6 is 0 Å². The van der Waals surface area contributed by atoms with Gasteiger partial charge in [0.2, 0.25) is 0 Å². The first-order valence-electron chi connectivity index (χ1n) is 10.7. The number of hydrogen-bond acceptors (Lipinski definition) is 2. The standard InChI is InChI=1S/C21H29NO.2C2H6/c1-3-11-19(12-4-2)21(20-13-7-5-8-14-20)23-18-17-22-15-9-6-10-16-22;2*1-2/h3-5,7-8,11-14,21H,1,6,9-10,15-18H2,2H3;2*1-2H3/b12-4-,19-11+;;. The molecular weight excluding hydrogens is 330 g/mol. The maximum absolute atomic E-state index is 6.29. The predicted molar refractivity (Wildman–Crippen MR) is 121 cm³/mol. The van der Waals surface area contributed by atoms with Crippen LogP contribution in [0.2, 0.25) is 0 Å². The summed E-state index contributed by atoms with van der Waals surface area (Å²) >= 11 is 0. The molecule has 0 aliphatic carbocycles. The van der Waals surface area contributed by atoms with Gasteiger partial charge in [-0.05, 0) is 44.0 Å². The SMILES string of the molecule is C=C/C=C(\C=C/C)C(OCCN1CCCCC1)c1ccccc1.CC.CC. The lowest BCUT2D eigenvalue weighted by Crippen LogP contribution is -2.33. The lowest BCUT2D eigenvalue weighted by molar-refractivity contribution is 0.0554. The van der Waals surface area contributed by atoms with E-state index in [4.69, 9.17) is 4.74 Å². The molecule has 1 fully saturated rings. The van der Waals surface area contributed by atoms with Gasteiger partial charge in [0.1, 0.15) is 6.10 Å². The zero-order valence-electron chi connectivity index (χ0n) is 18.3. The molecule has 0 radical (unpaired) electrons. The number of rotatable bonds is 8. The van der Waals surface area contributed by atoms with Crippen LogP contribution < -0.4 is 0 Å². The fraction of sp³-hybridized carbons (Fsp3) is 0.520. The van der Waals surface area contributed by atoms with Crippen molar-refractivity contribution in [3.05, 3.63) is 72.4 Å². The third-order valence-electron chi connectivity index (χ3n) is 4.22. The van der Waals surface area contributed by atoms with E-state index < -0.39 is 0 Å². The normalized spacial score (nSPS) is 16.0. The molecule has 0 spiro atoms. The maximum atomic E-state index is 6.29. The zero-order chi connectivity index (χ0) is 20.3. The molecule has 1 aromatic rings. The highest BCUT2D eigenvalue weighted by atomic mass is 16.5. The van der Waals surface area contributed by atoms with Gasteiger partial charge in [-0.2, -0.15) is 0 Å². The van der Waals surface area contributed by atoms with Crippen LogP contribution in [0.3, 0.4) is 0 Å². The van der Waals surface area contributed by atoms with Crippen LogP contribution in [0.1, 0.15) is 65.5 Å². The summed E-state index contributed by atoms with van der Waals surface area (Å²) in [5.41, 5.74) is 2.34. The maximum Gasteiger partial charge on any atom is 0.108 e. The van der Waals surface area contributed by atoms with Crippen molar-refractivity contribution in [3.63, 3.8) is 0 Å². The molecule has 2 nitrogen and oxygen atoms in total. The third kappa shape index (κ3) is 10.3. The van der Waals surface area contributed by atoms with Crippen LogP contribution in [-0.2, 0) is 4.74 Å². The van der Waals surface area contributed by atoms with E-state index in [1.54, 1.807) is 0 Å². The van der Waals surface area contributed by atoms with Gasteiger partial charge in [-0.3, -0.25) is 0 Å². The minimum Gasteiger partial charge on any atom is -0.367 e. The van der Waals surface area contributed by atoms with E-state index in [-0.39, 0.29) is 6.10 Å². The minimum atomic E-state index is -0.0322. The summed E-state index contributed by atoms with van der Waals surface area (Å²) in [6, 6.07) is 10.4. The van der Waals surface area contributed by atoms with E-state index in [0.717, 1.165) is 18.7 Å². The molecule has 1 atom stereocenters. The molecule has 0 saturated carbocycles. The van der Waals surface area contributed by atoms with Crippen LogP contribution in [0.4, 0.5) is 0 Å². The van der Waals surface area contributed by atoms with Gasteiger partial charge in [0.25, 0.3) is 0 Å². The second-order valence-electron chi connectivity index (χ2n) is 5.97. The topological polar surface area (TPSA) is 12.5 Å². The molecular formula is C25H41NO. The number of benzene rings is 1. The average Bonchev–Trinajstić information content (AvgIpc) is 2.75. The van der Waals surface area contributed by atoms with Crippen molar-refractivity contribution in [1.29, 1.82) is 0 Å². The second kappa shape index (κ2) is 17.8. The highest BCUT2D eigenvalue weighted by Gasteiger charge is 2.16. The highest BCUT2D eigenvalue weighted by Crippen LogP contribution is 2.27. The first-order chi connectivity index (χ1) is 13.3. The Bertz CT molecular complexity index is 512. The second-order valence-corrected chi connectivity index (χ2v) is 5.97. The van der Waals surface area contributed by atoms with E-state index in [2.05, 4.69) is 47.9 Å². The third-order valence-corrected chi connectivity index (χ3v) is 4.22. The molecule has 1 unspecified atom stereocenters. The predicted octanol–water partition coefficient (Wildman–Crippen LogP) is 6.97. The number of likely N-dealkylation sites (tertiary alicyclic amines) is 1. The van der Waals surface area contributed by atoms with Crippen LogP contribution in [0.15, 0.2) is 66.8 Å². The van der Waals surface area contributed by atoms with Gasteiger partial charge < -0.3 is 9.64 Å². The number of piperidine rings is 1. The number of ether oxygens (including phenoxy) is 1. The summed E-state index contributed by atoms with van der Waals surface area (Å²) in [6.07, 6.45) is 12.0. The summed E-state index contributed by atoms with van der Waals surface area (Å²) in [5, 5.41) is 0. The van der Waals surface area contributed by atoms with Crippen molar-refractivity contribution in [2.75, 3.05) is 26.2 Å². The smallest absolute Gasteiger partial charge is 0.108 e. The van der Waals surface area contributed by atoms with Crippen LogP contribution in [0.25, 0.3) is 0 Å². The molecule has 1 aliphatic heterocycles. The first kappa shape index (κ1) is 25.4. The molecule has 0 aromatic heterocycles. The highest BCUT2D eigenvalue weighted by molar-refractivity contribution is 5.34. The van der Waals surface area contributed by atoms with Gasteiger partial charge in [0, 0.05) is 6.54 Å². The molecule has 0 bridgehead atoms. The first-order valence-corrected chi connectivity index (χ1v) is 10.7. The molecule has 2 heteroatoms. The van der Waals surface area contributed by atoms with E-state index in [1.165, 1.54) is 37.9 Å². The Hall–Kier alpha value is -1.64. The van der Waals surface area contributed by atoms with Gasteiger partial charge in [0.15, 0.2) is 0 Å². The van der Waals surface area contributed by atoms with Crippen molar-refractivity contribution in [2.45, 2.75) is 60.0 Å². The summed E-state index contributed by atoms with van der Waals surface area (Å²) in [6.45, 7) is 18.1. The summed E-state index contributed by atoms with van der Waals surface area (Å²) in [5.74, 6) is 0. The van der Waals surface area contributed by atoms with Crippen molar-refractivity contribution in [1.82, 2.24) is 4.90 Å². The quantitative estimate of drug-likeness (QED) is 0.457. The Labute approximate surface area is 168 Å². The summed E-state index contributed by atoms with van der Waals surface area (Å²) in [4.78, 5) is 2.51. The molecule has 0 amide bonds. The lowest BCUT2D eigenvalue weighted by atomic mass is 10.0. The average molecular weight is 372 g/mol. The molecule has 1 saturated heterocycles. The Balaban J connectivity index is 0.00000158. The fourth-order valence-electron chi connectivity index (χ4n) is 3.05. The number of hydrogen-bond donors (Lipinski definition) is 0. The largest absolute Gasteiger partial charge is 0.367 e. The zero-order valence-corrected chi connectivity index (χ0v) is 18.3. The van der Waals surface area contributed by atoms with Crippen molar-refractivity contribution in [2.24, 2.45) is 0 Å². The van der Waals surface area contributed by atoms with E-state index in [0.29, 0.717) is 0 Å². The number of nitrogens with zero attached hydrogens (tertiary/aromatic N) is 1. The summed E-state index contributed by atoms with van der Waals surface area (Å²) < 4.78 is 6.29. The summed E-state index contributed by atoms with van der Waals surface area (Å²) in [7, 11) is 0. The van der Waals surface area contributed by atoms with Gasteiger partial charge in [-0.1, -0.05) is 95.3 Å². The van der Waals surface area contributed by atoms with Crippen molar-refractivity contribution >= 4 is 0 Å². The van der Waals surface area contributed by atoms with E-state index >= 15 is 0 Å². The Morgan fingerprint density at radius 2 is 1.70 bits per heavy atom. The van der Waals surface area contributed by atoms with Crippen LogP contribution in [0, 0.1) is 0 Å². The number of allylic oxidation sites excluding steroid dienone is 3.